The Morgan fingerprint density at radius 2 is 1.89 bits per heavy atom. The first-order valence-corrected chi connectivity index (χ1v) is 9.58. The minimum Gasteiger partial charge on any atom is -0.311 e. The molecule has 4 atom stereocenters. The largest absolute Gasteiger partial charge is 0.311 e. The maximum absolute atomic E-state index is 11.1. The predicted octanol–water partition coefficient (Wildman–Crippen LogP) is 3.73. The highest BCUT2D eigenvalue weighted by Gasteiger charge is 2.27. The van der Waals surface area contributed by atoms with Gasteiger partial charge in [0.2, 0.25) is 0 Å². The van der Waals surface area contributed by atoms with Crippen LogP contribution in [0.25, 0.3) is 0 Å². The van der Waals surface area contributed by atoms with Gasteiger partial charge in [0.05, 0.1) is 0 Å². The molecule has 4 unspecified atom stereocenters. The Bertz CT molecular complexity index is 285. The first-order valence-electron chi connectivity index (χ1n) is 7.85. The summed E-state index contributed by atoms with van der Waals surface area (Å²) in [5.41, 5.74) is 0.458. The van der Waals surface area contributed by atoms with Crippen LogP contribution in [-0.4, -0.2) is 28.3 Å². The Morgan fingerprint density at radius 3 is 2.47 bits per heavy atom. The second-order valence-corrected chi connectivity index (χ2v) is 8.96. The van der Waals surface area contributed by atoms with Gasteiger partial charge in [0, 0.05) is 34.9 Å². The van der Waals surface area contributed by atoms with E-state index in [9.17, 15) is 4.21 Å². The van der Waals surface area contributed by atoms with Gasteiger partial charge in [-0.15, -0.1) is 0 Å². The lowest BCUT2D eigenvalue weighted by atomic mass is 9.76. The van der Waals surface area contributed by atoms with Gasteiger partial charge >= 0.3 is 0 Å². The topological polar surface area (TPSA) is 29.1 Å². The fourth-order valence-corrected chi connectivity index (χ4v) is 3.85. The van der Waals surface area contributed by atoms with Crippen LogP contribution in [-0.2, 0) is 10.8 Å². The van der Waals surface area contributed by atoms with E-state index in [0.29, 0.717) is 17.5 Å². The third-order valence-corrected chi connectivity index (χ3v) is 5.36. The zero-order valence-corrected chi connectivity index (χ0v) is 14.3. The lowest BCUT2D eigenvalue weighted by Gasteiger charge is -2.30. The Labute approximate surface area is 122 Å². The van der Waals surface area contributed by atoms with Gasteiger partial charge in [-0.05, 0) is 50.4 Å². The van der Waals surface area contributed by atoms with Crippen molar-refractivity contribution in [3.05, 3.63) is 0 Å². The van der Waals surface area contributed by atoms with Crippen molar-refractivity contribution in [2.45, 2.75) is 78.3 Å². The summed E-state index contributed by atoms with van der Waals surface area (Å²) in [5, 5.41) is 3.75. The smallest absolute Gasteiger partial charge is 0.0246 e. The van der Waals surface area contributed by atoms with Crippen LogP contribution in [0, 0.1) is 11.3 Å². The van der Waals surface area contributed by atoms with Crippen LogP contribution in [0.3, 0.4) is 0 Å². The molecule has 114 valence electrons. The number of nitrogens with one attached hydrogen (secondary N) is 1. The van der Waals surface area contributed by atoms with E-state index in [2.05, 4.69) is 33.0 Å². The molecule has 0 heterocycles. The average Bonchev–Trinajstić information content (AvgIpc) is 2.51. The standard InChI is InChI=1S/C16H33NOS/c1-13(11-12-19(5)18)17-15-8-6-7-14(9-10-15)16(2,3)4/h13-15,17H,6-12H2,1-5H3. The van der Waals surface area contributed by atoms with Crippen molar-refractivity contribution in [3.8, 4) is 0 Å². The molecule has 1 rings (SSSR count). The van der Waals surface area contributed by atoms with E-state index >= 15 is 0 Å². The van der Waals surface area contributed by atoms with Crippen molar-refractivity contribution in [2.24, 2.45) is 11.3 Å². The summed E-state index contributed by atoms with van der Waals surface area (Å²) in [6.07, 6.45) is 9.54. The molecule has 19 heavy (non-hydrogen) atoms. The number of hydrogen-bond donors (Lipinski definition) is 1. The van der Waals surface area contributed by atoms with E-state index in [-0.39, 0.29) is 0 Å². The van der Waals surface area contributed by atoms with Crippen LogP contribution in [0.15, 0.2) is 0 Å². The highest BCUT2D eigenvalue weighted by atomic mass is 32.2. The first-order chi connectivity index (χ1) is 8.79. The van der Waals surface area contributed by atoms with Gasteiger partial charge in [0.25, 0.3) is 0 Å². The molecule has 0 spiro atoms. The van der Waals surface area contributed by atoms with E-state index < -0.39 is 10.8 Å². The molecule has 0 amide bonds. The zero-order valence-electron chi connectivity index (χ0n) is 13.5. The molecule has 0 aromatic carbocycles. The van der Waals surface area contributed by atoms with Crippen LogP contribution in [0.5, 0.6) is 0 Å². The summed E-state index contributed by atoms with van der Waals surface area (Å²) in [6.45, 7) is 9.37. The molecule has 1 aliphatic carbocycles. The average molecular weight is 288 g/mol. The summed E-state index contributed by atoms with van der Waals surface area (Å²) in [6, 6.07) is 1.17. The normalized spacial score (nSPS) is 28.7. The van der Waals surface area contributed by atoms with Crippen molar-refractivity contribution < 1.29 is 4.21 Å². The Balaban J connectivity index is 2.34. The molecule has 0 aromatic heterocycles. The second kappa shape index (κ2) is 7.78. The van der Waals surface area contributed by atoms with E-state index in [1.807, 2.05) is 0 Å². The molecule has 0 radical (unpaired) electrons. The Hall–Kier alpha value is 0.110. The maximum atomic E-state index is 11.1. The predicted molar refractivity (Wildman–Crippen MR) is 86.0 cm³/mol. The summed E-state index contributed by atoms with van der Waals surface area (Å²) in [4.78, 5) is 0. The van der Waals surface area contributed by atoms with Crippen LogP contribution in [0.1, 0.15) is 66.2 Å². The molecule has 2 nitrogen and oxygen atoms in total. The summed E-state index contributed by atoms with van der Waals surface area (Å²) >= 11 is 0. The van der Waals surface area contributed by atoms with Crippen molar-refractivity contribution in [1.29, 1.82) is 0 Å². The van der Waals surface area contributed by atoms with Crippen LogP contribution in [0.4, 0.5) is 0 Å². The van der Waals surface area contributed by atoms with Crippen molar-refractivity contribution in [3.63, 3.8) is 0 Å². The van der Waals surface area contributed by atoms with Gasteiger partial charge in [0.15, 0.2) is 0 Å². The van der Waals surface area contributed by atoms with E-state index in [0.717, 1.165) is 18.1 Å². The third kappa shape index (κ3) is 6.89. The highest BCUT2D eigenvalue weighted by Crippen LogP contribution is 2.36. The summed E-state index contributed by atoms with van der Waals surface area (Å²) < 4.78 is 11.1. The monoisotopic (exact) mass is 287 g/mol. The quantitative estimate of drug-likeness (QED) is 0.781. The molecule has 1 saturated carbocycles. The SMILES string of the molecule is CC(CCS(C)=O)NC1CCCC(C(C)(C)C)CC1. The molecular weight excluding hydrogens is 254 g/mol. The first kappa shape index (κ1) is 17.2. The van der Waals surface area contributed by atoms with Crippen LogP contribution < -0.4 is 5.32 Å². The molecule has 1 fully saturated rings. The molecule has 3 heteroatoms. The van der Waals surface area contributed by atoms with Crippen LogP contribution in [0.2, 0.25) is 0 Å². The maximum Gasteiger partial charge on any atom is 0.0246 e. The van der Waals surface area contributed by atoms with Gasteiger partial charge in [-0.25, -0.2) is 0 Å². The van der Waals surface area contributed by atoms with Gasteiger partial charge in [-0.3, -0.25) is 4.21 Å². The van der Waals surface area contributed by atoms with Gasteiger partial charge in [0.1, 0.15) is 0 Å². The molecular formula is C16H33NOS. The number of rotatable bonds is 5. The third-order valence-electron chi connectivity index (χ3n) is 4.55. The van der Waals surface area contributed by atoms with Gasteiger partial charge in [-0.2, -0.15) is 0 Å². The lowest BCUT2D eigenvalue weighted by Crippen LogP contribution is -2.37. The molecule has 1 N–H and O–H groups in total. The molecule has 0 saturated heterocycles. The fourth-order valence-electron chi connectivity index (χ4n) is 3.16. The van der Waals surface area contributed by atoms with Crippen molar-refractivity contribution >= 4 is 10.8 Å². The van der Waals surface area contributed by atoms with E-state index in [4.69, 9.17) is 0 Å². The van der Waals surface area contributed by atoms with Crippen molar-refractivity contribution in [2.75, 3.05) is 12.0 Å². The molecule has 0 aliphatic heterocycles. The minimum absolute atomic E-state index is 0.458. The molecule has 0 bridgehead atoms. The Kier molecular flexibility index (Phi) is 7.02. The van der Waals surface area contributed by atoms with Crippen LogP contribution >= 0.6 is 0 Å². The van der Waals surface area contributed by atoms with E-state index in [1.165, 1.54) is 32.1 Å². The summed E-state index contributed by atoms with van der Waals surface area (Å²) in [7, 11) is -0.654. The fraction of sp³-hybridized carbons (Fsp3) is 1.00. The Morgan fingerprint density at radius 1 is 1.21 bits per heavy atom. The molecule has 1 aliphatic rings. The van der Waals surface area contributed by atoms with Gasteiger partial charge < -0.3 is 5.32 Å². The van der Waals surface area contributed by atoms with E-state index in [1.54, 1.807) is 6.26 Å². The molecule has 0 aromatic rings. The number of hydrogen-bond acceptors (Lipinski definition) is 2. The zero-order chi connectivity index (χ0) is 14.5. The second-order valence-electron chi connectivity index (χ2n) is 7.40. The summed E-state index contributed by atoms with van der Waals surface area (Å²) in [5.74, 6) is 1.70. The van der Waals surface area contributed by atoms with Crippen molar-refractivity contribution in [1.82, 2.24) is 5.32 Å². The van der Waals surface area contributed by atoms with Gasteiger partial charge in [-0.1, -0.05) is 27.2 Å². The lowest BCUT2D eigenvalue weighted by molar-refractivity contribution is 0.213. The highest BCUT2D eigenvalue weighted by molar-refractivity contribution is 7.84. The minimum atomic E-state index is -0.654.